The van der Waals surface area contributed by atoms with Gasteiger partial charge < -0.3 is 5.11 Å². The SMILES string of the molecule is C=CC(O)CC(C)CC(C)(C)C. The first-order valence-corrected chi connectivity index (χ1v) is 4.66. The molecule has 0 radical (unpaired) electrons. The lowest BCUT2D eigenvalue weighted by atomic mass is 9.83. The summed E-state index contributed by atoms with van der Waals surface area (Å²) in [4.78, 5) is 0. The standard InChI is InChI=1S/C11H22O/c1-6-10(12)7-9(2)8-11(3,4)5/h6,9-10,12H,1,7-8H2,2-5H3. The first-order chi connectivity index (χ1) is 5.35. The minimum Gasteiger partial charge on any atom is -0.389 e. The Labute approximate surface area is 76.5 Å². The first kappa shape index (κ1) is 11.7. The Hall–Kier alpha value is -0.300. The molecule has 1 nitrogen and oxygen atoms in total. The van der Waals surface area contributed by atoms with E-state index in [4.69, 9.17) is 0 Å². The summed E-state index contributed by atoms with van der Waals surface area (Å²) in [5.41, 5.74) is 0.361. The maximum atomic E-state index is 9.31. The second kappa shape index (κ2) is 4.66. The van der Waals surface area contributed by atoms with Crippen molar-refractivity contribution in [2.45, 2.75) is 46.6 Å². The Bertz CT molecular complexity index is 132. The molecular formula is C11H22O. The summed E-state index contributed by atoms with van der Waals surface area (Å²) in [7, 11) is 0. The number of aliphatic hydroxyl groups excluding tert-OH is 1. The summed E-state index contributed by atoms with van der Waals surface area (Å²) in [5, 5.41) is 9.31. The maximum Gasteiger partial charge on any atom is 0.0720 e. The van der Waals surface area contributed by atoms with Gasteiger partial charge in [-0.15, -0.1) is 6.58 Å². The van der Waals surface area contributed by atoms with E-state index in [-0.39, 0.29) is 6.10 Å². The summed E-state index contributed by atoms with van der Waals surface area (Å²) in [6, 6.07) is 0. The highest BCUT2D eigenvalue weighted by molar-refractivity contribution is 4.80. The lowest BCUT2D eigenvalue weighted by molar-refractivity contribution is 0.172. The van der Waals surface area contributed by atoms with Crippen LogP contribution >= 0.6 is 0 Å². The monoisotopic (exact) mass is 170 g/mol. The zero-order valence-electron chi connectivity index (χ0n) is 8.80. The molecule has 1 N–H and O–H groups in total. The van der Waals surface area contributed by atoms with E-state index in [1.165, 1.54) is 0 Å². The zero-order chi connectivity index (χ0) is 9.78. The van der Waals surface area contributed by atoms with Crippen molar-refractivity contribution in [2.24, 2.45) is 11.3 Å². The molecule has 0 saturated heterocycles. The number of hydrogen-bond donors (Lipinski definition) is 1. The number of aliphatic hydroxyl groups is 1. The van der Waals surface area contributed by atoms with Gasteiger partial charge >= 0.3 is 0 Å². The molecule has 0 spiro atoms. The van der Waals surface area contributed by atoms with Gasteiger partial charge in [0.05, 0.1) is 6.10 Å². The Balaban J connectivity index is 3.74. The summed E-state index contributed by atoms with van der Waals surface area (Å²) in [6.45, 7) is 12.4. The van der Waals surface area contributed by atoms with Crippen molar-refractivity contribution >= 4 is 0 Å². The third-order valence-corrected chi connectivity index (χ3v) is 1.88. The fourth-order valence-corrected chi connectivity index (χ4v) is 1.64. The minimum absolute atomic E-state index is 0.331. The highest BCUT2D eigenvalue weighted by Crippen LogP contribution is 2.26. The second-order valence-electron chi connectivity index (χ2n) is 4.91. The molecule has 0 heterocycles. The third kappa shape index (κ3) is 6.41. The molecule has 0 aromatic heterocycles. The van der Waals surface area contributed by atoms with Crippen LogP contribution in [0.2, 0.25) is 0 Å². The van der Waals surface area contributed by atoms with Crippen LogP contribution in [0.3, 0.4) is 0 Å². The maximum absolute atomic E-state index is 9.31. The summed E-state index contributed by atoms with van der Waals surface area (Å²) >= 11 is 0. The van der Waals surface area contributed by atoms with Gasteiger partial charge in [0, 0.05) is 0 Å². The fraction of sp³-hybridized carbons (Fsp3) is 0.818. The van der Waals surface area contributed by atoms with Crippen molar-refractivity contribution in [1.82, 2.24) is 0 Å². The largest absolute Gasteiger partial charge is 0.389 e. The average molecular weight is 170 g/mol. The molecule has 72 valence electrons. The van der Waals surface area contributed by atoms with Gasteiger partial charge in [0.15, 0.2) is 0 Å². The lowest BCUT2D eigenvalue weighted by Crippen LogP contribution is -2.15. The molecule has 0 aliphatic rings. The van der Waals surface area contributed by atoms with E-state index in [1.54, 1.807) is 6.08 Å². The molecule has 0 aromatic rings. The van der Waals surface area contributed by atoms with Gasteiger partial charge in [0.2, 0.25) is 0 Å². The predicted octanol–water partition coefficient (Wildman–Crippen LogP) is 3.00. The van der Waals surface area contributed by atoms with Gasteiger partial charge in [0.25, 0.3) is 0 Å². The molecule has 0 amide bonds. The highest BCUT2D eigenvalue weighted by atomic mass is 16.3. The van der Waals surface area contributed by atoms with E-state index in [1.807, 2.05) is 0 Å². The van der Waals surface area contributed by atoms with Crippen LogP contribution in [0.5, 0.6) is 0 Å². The second-order valence-corrected chi connectivity index (χ2v) is 4.91. The Morgan fingerprint density at radius 3 is 2.25 bits per heavy atom. The van der Waals surface area contributed by atoms with Crippen LogP contribution < -0.4 is 0 Å². The normalized spacial score (nSPS) is 17.1. The number of hydrogen-bond acceptors (Lipinski definition) is 1. The number of rotatable bonds is 4. The summed E-state index contributed by atoms with van der Waals surface area (Å²) in [5.74, 6) is 0.568. The van der Waals surface area contributed by atoms with Crippen LogP contribution in [0, 0.1) is 11.3 Å². The first-order valence-electron chi connectivity index (χ1n) is 4.66. The predicted molar refractivity (Wildman–Crippen MR) is 54.1 cm³/mol. The van der Waals surface area contributed by atoms with E-state index in [9.17, 15) is 5.11 Å². The van der Waals surface area contributed by atoms with Crippen molar-refractivity contribution in [1.29, 1.82) is 0 Å². The average Bonchev–Trinajstić information content (AvgIpc) is 1.82. The highest BCUT2D eigenvalue weighted by Gasteiger charge is 2.16. The van der Waals surface area contributed by atoms with Gasteiger partial charge in [0.1, 0.15) is 0 Å². The lowest BCUT2D eigenvalue weighted by Gasteiger charge is -2.23. The van der Waals surface area contributed by atoms with Crippen molar-refractivity contribution in [3.05, 3.63) is 12.7 Å². The smallest absolute Gasteiger partial charge is 0.0720 e. The van der Waals surface area contributed by atoms with Crippen LogP contribution in [-0.2, 0) is 0 Å². The van der Waals surface area contributed by atoms with Crippen molar-refractivity contribution in [2.75, 3.05) is 0 Å². The van der Waals surface area contributed by atoms with Crippen LogP contribution in [0.4, 0.5) is 0 Å². The fourth-order valence-electron chi connectivity index (χ4n) is 1.64. The van der Waals surface area contributed by atoms with E-state index in [0.29, 0.717) is 11.3 Å². The van der Waals surface area contributed by atoms with Gasteiger partial charge in [-0.2, -0.15) is 0 Å². The zero-order valence-corrected chi connectivity index (χ0v) is 8.80. The van der Waals surface area contributed by atoms with Crippen molar-refractivity contribution in [3.63, 3.8) is 0 Å². The molecule has 0 saturated carbocycles. The van der Waals surface area contributed by atoms with Crippen molar-refractivity contribution < 1.29 is 5.11 Å². The minimum atomic E-state index is -0.331. The molecule has 0 rings (SSSR count). The van der Waals surface area contributed by atoms with E-state index in [0.717, 1.165) is 12.8 Å². The Morgan fingerprint density at radius 2 is 1.92 bits per heavy atom. The summed E-state index contributed by atoms with van der Waals surface area (Å²) in [6.07, 6.45) is 3.26. The van der Waals surface area contributed by atoms with Gasteiger partial charge in [-0.1, -0.05) is 33.8 Å². The van der Waals surface area contributed by atoms with Gasteiger partial charge in [-0.05, 0) is 24.2 Å². The van der Waals surface area contributed by atoms with Crippen LogP contribution in [0.15, 0.2) is 12.7 Å². The summed E-state index contributed by atoms with van der Waals surface area (Å²) < 4.78 is 0. The van der Waals surface area contributed by atoms with Gasteiger partial charge in [-0.3, -0.25) is 0 Å². The van der Waals surface area contributed by atoms with Crippen molar-refractivity contribution in [3.8, 4) is 0 Å². The Kier molecular flexibility index (Phi) is 4.54. The molecule has 0 aromatic carbocycles. The quantitative estimate of drug-likeness (QED) is 0.643. The Morgan fingerprint density at radius 1 is 1.42 bits per heavy atom. The van der Waals surface area contributed by atoms with E-state index in [2.05, 4.69) is 34.3 Å². The molecule has 0 bridgehead atoms. The molecule has 2 atom stereocenters. The molecular weight excluding hydrogens is 148 g/mol. The molecule has 0 aliphatic heterocycles. The van der Waals surface area contributed by atoms with Crippen LogP contribution in [0.1, 0.15) is 40.5 Å². The van der Waals surface area contributed by atoms with Crippen LogP contribution in [0.25, 0.3) is 0 Å². The third-order valence-electron chi connectivity index (χ3n) is 1.88. The molecule has 0 aliphatic carbocycles. The molecule has 2 unspecified atom stereocenters. The van der Waals surface area contributed by atoms with E-state index < -0.39 is 0 Å². The topological polar surface area (TPSA) is 20.2 Å². The van der Waals surface area contributed by atoms with Gasteiger partial charge in [-0.25, -0.2) is 0 Å². The molecule has 12 heavy (non-hydrogen) atoms. The van der Waals surface area contributed by atoms with E-state index >= 15 is 0 Å². The van der Waals surface area contributed by atoms with Crippen LogP contribution in [-0.4, -0.2) is 11.2 Å². The molecule has 0 fully saturated rings. The molecule has 1 heteroatoms.